The van der Waals surface area contributed by atoms with E-state index in [2.05, 4.69) is 0 Å². The average molecular weight is 288 g/mol. The second kappa shape index (κ2) is 5.37. The van der Waals surface area contributed by atoms with Gasteiger partial charge < -0.3 is 14.6 Å². The first-order chi connectivity index (χ1) is 10.1. The molecule has 2 unspecified atom stereocenters. The molecule has 0 spiro atoms. The first-order valence-corrected chi connectivity index (χ1v) is 6.89. The summed E-state index contributed by atoms with van der Waals surface area (Å²) in [5, 5.41) is 10.6. The van der Waals surface area contributed by atoms with Crippen LogP contribution < -0.4 is 9.47 Å². The van der Waals surface area contributed by atoms with Crippen molar-refractivity contribution in [3.63, 3.8) is 0 Å². The van der Waals surface area contributed by atoms with Crippen LogP contribution in [0.3, 0.4) is 0 Å². The molecule has 0 bridgehead atoms. The number of fused-ring (bicyclic) bond motifs is 1. The molecule has 3 nitrogen and oxygen atoms in total. The zero-order chi connectivity index (χ0) is 15.0. The van der Waals surface area contributed by atoms with Gasteiger partial charge in [0, 0.05) is 0 Å². The lowest BCUT2D eigenvalue weighted by Gasteiger charge is -2.31. The van der Waals surface area contributed by atoms with Crippen molar-refractivity contribution in [3.8, 4) is 11.5 Å². The largest absolute Gasteiger partial charge is 0.486 e. The molecule has 1 N–H and O–H groups in total. The van der Waals surface area contributed by atoms with Crippen LogP contribution in [-0.2, 0) is 0 Å². The number of hydrogen-bond acceptors (Lipinski definition) is 3. The predicted molar refractivity (Wildman–Crippen MR) is 77.2 cm³/mol. The summed E-state index contributed by atoms with van der Waals surface area (Å²) >= 11 is 0. The third-order valence-corrected chi connectivity index (χ3v) is 3.74. The standard InChI is InChI=1S/C17H17FO3/c1-10-7-12(18)8-11(2)16(10)17(19)15-9-20-13-5-3-4-6-14(13)21-15/h3-8,15,17,19H,9H2,1-2H3. The van der Waals surface area contributed by atoms with Crippen LogP contribution in [-0.4, -0.2) is 17.8 Å². The van der Waals surface area contributed by atoms with Gasteiger partial charge in [-0.05, 0) is 54.8 Å². The molecular weight excluding hydrogens is 271 g/mol. The second-order valence-electron chi connectivity index (χ2n) is 5.31. The number of aryl methyl sites for hydroxylation is 2. The number of rotatable bonds is 2. The third kappa shape index (κ3) is 2.59. The number of aliphatic hydroxyl groups is 1. The Hall–Kier alpha value is -2.07. The molecule has 0 aliphatic carbocycles. The van der Waals surface area contributed by atoms with E-state index in [0.717, 1.165) is 0 Å². The molecule has 4 heteroatoms. The van der Waals surface area contributed by atoms with Gasteiger partial charge in [-0.3, -0.25) is 0 Å². The predicted octanol–water partition coefficient (Wildman–Crippen LogP) is 3.32. The van der Waals surface area contributed by atoms with Crippen molar-refractivity contribution in [2.45, 2.75) is 26.1 Å². The number of aliphatic hydroxyl groups excluding tert-OH is 1. The molecule has 1 heterocycles. The molecule has 1 aliphatic rings. The summed E-state index contributed by atoms with van der Waals surface area (Å²) in [5.74, 6) is 0.992. The van der Waals surface area contributed by atoms with Crippen LogP contribution in [0.4, 0.5) is 4.39 Å². The van der Waals surface area contributed by atoms with Crippen LogP contribution in [0.2, 0.25) is 0 Å². The van der Waals surface area contributed by atoms with E-state index in [1.165, 1.54) is 12.1 Å². The van der Waals surface area contributed by atoms with Crippen molar-refractivity contribution in [2.75, 3.05) is 6.61 Å². The Morgan fingerprint density at radius 3 is 2.43 bits per heavy atom. The quantitative estimate of drug-likeness (QED) is 0.921. The molecule has 0 fully saturated rings. The van der Waals surface area contributed by atoms with Gasteiger partial charge in [0.05, 0.1) is 0 Å². The fraction of sp³-hybridized carbons (Fsp3) is 0.294. The number of halogens is 1. The van der Waals surface area contributed by atoms with Gasteiger partial charge in [-0.1, -0.05) is 12.1 Å². The maximum absolute atomic E-state index is 13.4. The lowest BCUT2D eigenvalue weighted by Crippen LogP contribution is -2.35. The highest BCUT2D eigenvalue weighted by Gasteiger charge is 2.30. The summed E-state index contributed by atoms with van der Waals surface area (Å²) in [6, 6.07) is 10.2. The monoisotopic (exact) mass is 288 g/mol. The molecule has 2 atom stereocenters. The first-order valence-electron chi connectivity index (χ1n) is 6.89. The molecule has 0 aromatic heterocycles. The van der Waals surface area contributed by atoms with E-state index in [0.29, 0.717) is 28.2 Å². The van der Waals surface area contributed by atoms with E-state index in [1.807, 2.05) is 18.2 Å². The normalized spacial score (nSPS) is 18.4. The van der Waals surface area contributed by atoms with Gasteiger partial charge >= 0.3 is 0 Å². The molecule has 0 radical (unpaired) electrons. The molecule has 21 heavy (non-hydrogen) atoms. The molecule has 110 valence electrons. The van der Waals surface area contributed by atoms with Gasteiger partial charge in [0.25, 0.3) is 0 Å². The summed E-state index contributed by atoms with van der Waals surface area (Å²) in [7, 11) is 0. The van der Waals surface area contributed by atoms with Gasteiger partial charge in [-0.15, -0.1) is 0 Å². The number of para-hydroxylation sites is 2. The highest BCUT2D eigenvalue weighted by molar-refractivity contribution is 5.42. The van der Waals surface area contributed by atoms with E-state index in [1.54, 1.807) is 19.9 Å². The lowest BCUT2D eigenvalue weighted by molar-refractivity contribution is -0.0118. The summed E-state index contributed by atoms with van der Waals surface area (Å²) in [4.78, 5) is 0. The minimum atomic E-state index is -0.862. The fourth-order valence-electron chi connectivity index (χ4n) is 2.77. The zero-order valence-electron chi connectivity index (χ0n) is 12.0. The van der Waals surface area contributed by atoms with Gasteiger partial charge in [0.15, 0.2) is 17.6 Å². The molecule has 2 aromatic rings. The van der Waals surface area contributed by atoms with E-state index in [4.69, 9.17) is 9.47 Å². The molecule has 1 aliphatic heterocycles. The Bertz CT molecular complexity index is 646. The van der Waals surface area contributed by atoms with Crippen molar-refractivity contribution in [3.05, 3.63) is 58.9 Å². The molecule has 3 rings (SSSR count). The Kier molecular flexibility index (Phi) is 3.55. The zero-order valence-corrected chi connectivity index (χ0v) is 12.0. The van der Waals surface area contributed by atoms with Gasteiger partial charge in [-0.25, -0.2) is 4.39 Å². The van der Waals surface area contributed by atoms with Gasteiger partial charge in [0.2, 0.25) is 0 Å². The Balaban J connectivity index is 1.89. The van der Waals surface area contributed by atoms with E-state index < -0.39 is 12.2 Å². The van der Waals surface area contributed by atoms with Crippen molar-refractivity contribution in [1.29, 1.82) is 0 Å². The van der Waals surface area contributed by atoms with E-state index in [-0.39, 0.29) is 12.4 Å². The SMILES string of the molecule is Cc1cc(F)cc(C)c1C(O)C1COc2ccccc2O1. The van der Waals surface area contributed by atoms with Crippen LogP contribution >= 0.6 is 0 Å². The average Bonchev–Trinajstić information content (AvgIpc) is 2.45. The highest BCUT2D eigenvalue weighted by atomic mass is 19.1. The molecular formula is C17H17FO3. The second-order valence-corrected chi connectivity index (χ2v) is 5.31. The number of benzene rings is 2. The lowest BCUT2D eigenvalue weighted by atomic mass is 9.94. The van der Waals surface area contributed by atoms with Crippen molar-refractivity contribution >= 4 is 0 Å². The minimum Gasteiger partial charge on any atom is -0.486 e. The summed E-state index contributed by atoms with van der Waals surface area (Å²) in [6.45, 7) is 3.83. The van der Waals surface area contributed by atoms with Crippen LogP contribution in [0.1, 0.15) is 22.8 Å². The topological polar surface area (TPSA) is 38.7 Å². The summed E-state index contributed by atoms with van der Waals surface area (Å²) in [5.41, 5.74) is 2.12. The maximum atomic E-state index is 13.4. The first kappa shape index (κ1) is 13.9. The van der Waals surface area contributed by atoms with Crippen LogP contribution in [0.5, 0.6) is 11.5 Å². The summed E-state index contributed by atoms with van der Waals surface area (Å²) < 4.78 is 24.8. The van der Waals surface area contributed by atoms with E-state index >= 15 is 0 Å². The molecule has 2 aromatic carbocycles. The number of hydrogen-bond donors (Lipinski definition) is 1. The molecule has 0 saturated carbocycles. The van der Waals surface area contributed by atoms with Crippen molar-refractivity contribution in [2.24, 2.45) is 0 Å². The molecule has 0 saturated heterocycles. The van der Waals surface area contributed by atoms with Crippen LogP contribution in [0, 0.1) is 19.7 Å². The Labute approximate surface area is 122 Å². The van der Waals surface area contributed by atoms with Crippen LogP contribution in [0.15, 0.2) is 36.4 Å². The van der Waals surface area contributed by atoms with Crippen molar-refractivity contribution < 1.29 is 19.0 Å². The summed E-state index contributed by atoms with van der Waals surface area (Å²) in [6.07, 6.45) is -1.37. The Morgan fingerprint density at radius 2 is 1.76 bits per heavy atom. The Morgan fingerprint density at radius 1 is 1.14 bits per heavy atom. The molecule has 0 amide bonds. The highest BCUT2D eigenvalue weighted by Crippen LogP contribution is 2.35. The smallest absolute Gasteiger partial charge is 0.163 e. The van der Waals surface area contributed by atoms with Gasteiger partial charge in [-0.2, -0.15) is 0 Å². The van der Waals surface area contributed by atoms with Crippen molar-refractivity contribution in [1.82, 2.24) is 0 Å². The third-order valence-electron chi connectivity index (χ3n) is 3.74. The van der Waals surface area contributed by atoms with E-state index in [9.17, 15) is 9.50 Å². The maximum Gasteiger partial charge on any atom is 0.163 e. The van der Waals surface area contributed by atoms with Crippen LogP contribution in [0.25, 0.3) is 0 Å². The van der Waals surface area contributed by atoms with Gasteiger partial charge in [0.1, 0.15) is 18.5 Å². The minimum absolute atomic E-state index is 0.258. The fourth-order valence-corrected chi connectivity index (χ4v) is 2.77. The number of ether oxygens (including phenoxy) is 2.